The van der Waals surface area contributed by atoms with Crippen LogP contribution in [0.2, 0.25) is 0 Å². The van der Waals surface area contributed by atoms with Crippen molar-refractivity contribution in [2.75, 3.05) is 0 Å². The van der Waals surface area contributed by atoms with Crippen molar-refractivity contribution in [1.82, 2.24) is 4.98 Å². The number of halogens is 2. The maximum atomic E-state index is 12.0. The van der Waals surface area contributed by atoms with E-state index in [-0.39, 0.29) is 0 Å². The molecule has 0 aliphatic rings. The topological polar surface area (TPSA) is 12.9 Å². The van der Waals surface area contributed by atoms with E-state index in [2.05, 4.69) is 27.0 Å². The summed E-state index contributed by atoms with van der Waals surface area (Å²) in [4.78, 5) is 3.53. The summed E-state index contributed by atoms with van der Waals surface area (Å²) in [6.45, 7) is 0. The number of pyridine rings is 1. The van der Waals surface area contributed by atoms with Crippen molar-refractivity contribution in [3.05, 3.63) is 28.7 Å². The molecule has 1 radical (unpaired) electrons. The minimum absolute atomic E-state index is 0.445. The Morgan fingerprint density at radius 2 is 2.38 bits per heavy atom. The van der Waals surface area contributed by atoms with Gasteiger partial charge in [-0.2, -0.15) is 0 Å². The highest BCUT2D eigenvalue weighted by molar-refractivity contribution is 9.10. The summed E-state index contributed by atoms with van der Waals surface area (Å²) in [7, 11) is 0. The largest absolute Gasteiger partial charge is 0.260 e. The van der Waals surface area contributed by atoms with Crippen LogP contribution in [0.25, 0.3) is 0 Å². The zero-order valence-electron chi connectivity index (χ0n) is 3.86. The maximum Gasteiger partial charge on any atom is 0.150 e. The van der Waals surface area contributed by atoms with Crippen LogP contribution in [0.4, 0.5) is 4.39 Å². The molecule has 8 heavy (non-hydrogen) atoms. The van der Waals surface area contributed by atoms with E-state index in [4.69, 9.17) is 0 Å². The molecule has 0 atom stereocenters. The monoisotopic (exact) mass is 174 g/mol. The number of hydrogen-bond acceptors (Lipinski definition) is 1. The van der Waals surface area contributed by atoms with E-state index in [0.29, 0.717) is 4.47 Å². The van der Waals surface area contributed by atoms with E-state index in [1.54, 1.807) is 0 Å². The van der Waals surface area contributed by atoms with Crippen LogP contribution < -0.4 is 0 Å². The van der Waals surface area contributed by atoms with Crippen molar-refractivity contribution in [2.45, 2.75) is 0 Å². The van der Waals surface area contributed by atoms with E-state index in [1.807, 2.05) is 0 Å². The number of nitrogens with zero attached hydrogens (tertiary/aromatic N) is 1. The quantitative estimate of drug-likeness (QED) is 0.585. The summed E-state index contributed by atoms with van der Waals surface area (Å²) < 4.78 is 12.6. The Morgan fingerprint density at radius 1 is 1.62 bits per heavy atom. The molecule has 0 aromatic carbocycles. The van der Waals surface area contributed by atoms with Crippen molar-refractivity contribution in [1.29, 1.82) is 0 Å². The van der Waals surface area contributed by atoms with E-state index < -0.39 is 5.82 Å². The maximum absolute atomic E-state index is 12.0. The van der Waals surface area contributed by atoms with Gasteiger partial charge in [-0.1, -0.05) is 0 Å². The van der Waals surface area contributed by atoms with Gasteiger partial charge in [0.2, 0.25) is 0 Å². The Morgan fingerprint density at radius 3 is 2.75 bits per heavy atom. The molecule has 0 amide bonds. The second-order valence-electron chi connectivity index (χ2n) is 1.23. The third kappa shape index (κ3) is 1.26. The molecule has 0 saturated carbocycles. The van der Waals surface area contributed by atoms with Gasteiger partial charge in [0.1, 0.15) is 0 Å². The first-order valence-corrected chi connectivity index (χ1v) is 2.76. The molecule has 0 unspecified atom stereocenters. The van der Waals surface area contributed by atoms with Gasteiger partial charge >= 0.3 is 0 Å². The average molecular weight is 175 g/mol. The number of rotatable bonds is 0. The molecule has 1 heterocycles. The second-order valence-corrected chi connectivity index (χ2v) is 2.08. The summed E-state index contributed by atoms with van der Waals surface area (Å²) in [5, 5.41) is 0. The summed E-state index contributed by atoms with van der Waals surface area (Å²) in [6.07, 6.45) is 2.58. The van der Waals surface area contributed by atoms with Crippen LogP contribution in [0.15, 0.2) is 16.9 Å². The normalized spacial score (nSPS) is 9.25. The van der Waals surface area contributed by atoms with E-state index in [0.717, 1.165) is 6.20 Å². The molecule has 1 rings (SSSR count). The zero-order chi connectivity index (χ0) is 5.98. The SMILES string of the molecule is Fc1[c]c(Br)cnc1. The van der Waals surface area contributed by atoms with E-state index in [1.165, 1.54) is 6.20 Å². The second kappa shape index (κ2) is 2.22. The molecule has 0 fully saturated rings. The van der Waals surface area contributed by atoms with Crippen molar-refractivity contribution < 1.29 is 4.39 Å². The molecule has 0 saturated heterocycles. The predicted molar refractivity (Wildman–Crippen MR) is 30.7 cm³/mol. The molecule has 0 aliphatic carbocycles. The fraction of sp³-hybridized carbons (Fsp3) is 0. The van der Waals surface area contributed by atoms with Gasteiger partial charge in [0, 0.05) is 16.7 Å². The van der Waals surface area contributed by atoms with Crippen LogP contribution in [0.1, 0.15) is 0 Å². The van der Waals surface area contributed by atoms with Gasteiger partial charge in [0.25, 0.3) is 0 Å². The fourth-order valence-electron chi connectivity index (χ4n) is 0.347. The third-order valence-corrected chi connectivity index (χ3v) is 1.02. The van der Waals surface area contributed by atoms with Crippen molar-refractivity contribution in [3.8, 4) is 0 Å². The highest BCUT2D eigenvalue weighted by Gasteiger charge is 1.88. The molecule has 0 aliphatic heterocycles. The lowest BCUT2D eigenvalue weighted by molar-refractivity contribution is 0.618. The van der Waals surface area contributed by atoms with Gasteiger partial charge < -0.3 is 0 Å². The lowest BCUT2D eigenvalue weighted by atomic mass is 10.5. The molecular weight excluding hydrogens is 173 g/mol. The smallest absolute Gasteiger partial charge is 0.150 e. The Hall–Kier alpha value is -0.440. The molecule has 3 heteroatoms. The highest BCUT2D eigenvalue weighted by Crippen LogP contribution is 2.05. The predicted octanol–water partition coefficient (Wildman–Crippen LogP) is 1.78. The average Bonchev–Trinajstić information content (AvgIpc) is 1.64. The lowest BCUT2D eigenvalue weighted by Crippen LogP contribution is -1.75. The van der Waals surface area contributed by atoms with Gasteiger partial charge in [-0.3, -0.25) is 4.98 Å². The Balaban J connectivity index is 3.08. The standard InChI is InChI=1S/C5H2BrFN/c6-4-1-5(7)3-8-2-4/h2-3H. The van der Waals surface area contributed by atoms with Gasteiger partial charge in [-0.05, 0) is 15.9 Å². The molecule has 1 aromatic heterocycles. The summed E-state index contributed by atoms with van der Waals surface area (Å²) in [5.41, 5.74) is 0. The lowest BCUT2D eigenvalue weighted by Gasteiger charge is -1.84. The molecule has 0 N–H and O–H groups in total. The van der Waals surface area contributed by atoms with E-state index in [9.17, 15) is 4.39 Å². The van der Waals surface area contributed by atoms with Crippen LogP contribution in [-0.4, -0.2) is 4.98 Å². The van der Waals surface area contributed by atoms with Crippen LogP contribution >= 0.6 is 15.9 Å². The number of aromatic nitrogens is 1. The van der Waals surface area contributed by atoms with Crippen molar-refractivity contribution in [2.24, 2.45) is 0 Å². The minimum atomic E-state index is -0.445. The summed E-state index contributed by atoms with van der Waals surface area (Å²) in [6, 6.07) is 2.36. The van der Waals surface area contributed by atoms with Gasteiger partial charge in [-0.15, -0.1) is 0 Å². The molecule has 0 bridgehead atoms. The first kappa shape index (κ1) is 5.69. The van der Waals surface area contributed by atoms with Crippen LogP contribution in [0.3, 0.4) is 0 Å². The van der Waals surface area contributed by atoms with Crippen molar-refractivity contribution >= 4 is 15.9 Å². The zero-order valence-corrected chi connectivity index (χ0v) is 5.44. The highest BCUT2D eigenvalue weighted by atomic mass is 79.9. The summed E-state index contributed by atoms with van der Waals surface area (Å²) in [5.74, 6) is -0.445. The van der Waals surface area contributed by atoms with E-state index >= 15 is 0 Å². The van der Waals surface area contributed by atoms with Gasteiger partial charge in [-0.25, -0.2) is 4.39 Å². The van der Waals surface area contributed by atoms with Crippen LogP contribution in [0.5, 0.6) is 0 Å². The van der Waals surface area contributed by atoms with Gasteiger partial charge in [0.05, 0.1) is 6.20 Å². The minimum Gasteiger partial charge on any atom is -0.260 e. The Labute approximate surface area is 54.7 Å². The van der Waals surface area contributed by atoms with Crippen molar-refractivity contribution in [3.63, 3.8) is 0 Å². The van der Waals surface area contributed by atoms with Crippen LogP contribution in [-0.2, 0) is 0 Å². The molecular formula is C5H2BrFN. The third-order valence-electron chi connectivity index (χ3n) is 0.615. The molecule has 41 valence electrons. The first-order chi connectivity index (χ1) is 3.79. The number of hydrogen-bond donors (Lipinski definition) is 0. The van der Waals surface area contributed by atoms with Gasteiger partial charge in [0.15, 0.2) is 5.82 Å². The first-order valence-electron chi connectivity index (χ1n) is 1.97. The fourth-order valence-corrected chi connectivity index (χ4v) is 0.654. The Bertz CT molecular complexity index is 172. The Kier molecular flexibility index (Phi) is 1.58. The molecule has 1 aromatic rings. The molecule has 1 nitrogen and oxygen atoms in total. The van der Waals surface area contributed by atoms with Crippen LogP contribution in [0, 0.1) is 11.9 Å². The summed E-state index contributed by atoms with van der Waals surface area (Å²) >= 11 is 3.00. The molecule has 0 spiro atoms.